The second-order valence-electron chi connectivity index (χ2n) is 6.65. The van der Waals surface area contributed by atoms with Gasteiger partial charge in [0.15, 0.2) is 5.13 Å². The molecular weight excluding hydrogens is 453 g/mol. The first-order valence-electron chi connectivity index (χ1n) is 9.45. The monoisotopic (exact) mass is 469 g/mol. The number of anilines is 5. The highest BCUT2D eigenvalue weighted by atomic mass is 35.5. The fourth-order valence-electron chi connectivity index (χ4n) is 2.73. The van der Waals surface area contributed by atoms with Gasteiger partial charge < -0.3 is 10.6 Å². The smallest absolute Gasteiger partial charge is 0.234 e. The van der Waals surface area contributed by atoms with E-state index in [0.29, 0.717) is 33.6 Å². The van der Waals surface area contributed by atoms with Crippen molar-refractivity contribution < 1.29 is 9.18 Å². The third-order valence-electron chi connectivity index (χ3n) is 4.06. The van der Waals surface area contributed by atoms with Crippen LogP contribution in [0.2, 0.25) is 5.02 Å². The van der Waals surface area contributed by atoms with Gasteiger partial charge in [0, 0.05) is 27.5 Å². The van der Waals surface area contributed by atoms with E-state index in [2.05, 4.69) is 35.9 Å². The molecule has 2 heterocycles. The van der Waals surface area contributed by atoms with E-state index in [4.69, 9.17) is 11.6 Å². The third kappa shape index (κ3) is 5.96. The van der Waals surface area contributed by atoms with Crippen LogP contribution >= 0.6 is 22.9 Å². The topological polar surface area (TPSA) is 105 Å². The minimum absolute atomic E-state index is 0.107. The van der Waals surface area contributed by atoms with E-state index < -0.39 is 5.82 Å². The molecule has 11 heteroatoms. The molecule has 2 aromatic heterocycles. The summed E-state index contributed by atoms with van der Waals surface area (Å²) in [7, 11) is 0. The van der Waals surface area contributed by atoms with Crippen LogP contribution in [0, 0.1) is 12.7 Å². The predicted molar refractivity (Wildman–Crippen MR) is 123 cm³/mol. The number of nitrogens with one attached hydrogen (secondary N) is 3. The van der Waals surface area contributed by atoms with Crippen molar-refractivity contribution in [1.82, 2.24) is 19.9 Å². The van der Waals surface area contributed by atoms with Crippen molar-refractivity contribution in [1.29, 1.82) is 0 Å². The van der Waals surface area contributed by atoms with E-state index in [1.807, 2.05) is 12.1 Å². The van der Waals surface area contributed by atoms with Crippen molar-refractivity contribution in [2.45, 2.75) is 13.3 Å². The number of carbonyl (C=O) groups excluding carboxylic acids is 1. The van der Waals surface area contributed by atoms with Gasteiger partial charge in [-0.05, 0) is 49.4 Å². The van der Waals surface area contributed by atoms with Crippen molar-refractivity contribution >= 4 is 57.2 Å². The SMILES string of the molecule is Cc1nc(Nc2ccc(Cl)cc2)nc(Nc2ncc(CC(=O)Nc3cccc(F)c3)s2)n1. The second kappa shape index (κ2) is 9.67. The molecule has 0 aliphatic rings. The summed E-state index contributed by atoms with van der Waals surface area (Å²) in [5, 5.41) is 9.96. The lowest BCUT2D eigenvalue weighted by Gasteiger charge is -2.07. The number of carbonyl (C=O) groups is 1. The molecule has 0 fully saturated rings. The van der Waals surface area contributed by atoms with E-state index in [-0.39, 0.29) is 12.3 Å². The first-order valence-corrected chi connectivity index (χ1v) is 10.6. The number of thiazole rings is 1. The summed E-state index contributed by atoms with van der Waals surface area (Å²) in [4.78, 5) is 30.1. The number of halogens is 2. The summed E-state index contributed by atoms with van der Waals surface area (Å²) < 4.78 is 13.3. The number of benzene rings is 2. The maximum Gasteiger partial charge on any atom is 0.234 e. The van der Waals surface area contributed by atoms with Gasteiger partial charge in [0.2, 0.25) is 17.8 Å². The summed E-state index contributed by atoms with van der Waals surface area (Å²) in [5.41, 5.74) is 1.19. The van der Waals surface area contributed by atoms with Crippen LogP contribution in [-0.4, -0.2) is 25.8 Å². The fraction of sp³-hybridized carbons (Fsp3) is 0.0952. The summed E-state index contributed by atoms with van der Waals surface area (Å²) in [6.45, 7) is 1.75. The number of hydrogen-bond acceptors (Lipinski definition) is 8. The first kappa shape index (κ1) is 21.6. The zero-order valence-corrected chi connectivity index (χ0v) is 18.3. The average molecular weight is 470 g/mol. The van der Waals surface area contributed by atoms with Crippen LogP contribution < -0.4 is 16.0 Å². The molecule has 0 atom stereocenters. The van der Waals surface area contributed by atoms with Gasteiger partial charge >= 0.3 is 0 Å². The molecule has 0 radical (unpaired) electrons. The molecule has 0 aliphatic carbocycles. The lowest BCUT2D eigenvalue weighted by atomic mass is 10.3. The normalized spacial score (nSPS) is 10.6. The Kier molecular flexibility index (Phi) is 6.52. The summed E-state index contributed by atoms with van der Waals surface area (Å²) in [5.74, 6) is 0.527. The maximum atomic E-state index is 13.3. The van der Waals surface area contributed by atoms with Crippen molar-refractivity contribution in [2.24, 2.45) is 0 Å². The molecule has 4 aromatic rings. The zero-order valence-electron chi connectivity index (χ0n) is 16.8. The molecule has 1 amide bonds. The Hall–Kier alpha value is -3.63. The second-order valence-corrected chi connectivity index (χ2v) is 8.21. The maximum absolute atomic E-state index is 13.3. The Morgan fingerprint density at radius 2 is 1.78 bits per heavy atom. The lowest BCUT2D eigenvalue weighted by Crippen LogP contribution is -2.13. The molecule has 162 valence electrons. The van der Waals surface area contributed by atoms with E-state index in [9.17, 15) is 9.18 Å². The molecule has 8 nitrogen and oxygen atoms in total. The molecule has 0 saturated carbocycles. The number of aryl methyl sites for hydroxylation is 1. The number of rotatable bonds is 7. The molecule has 0 saturated heterocycles. The van der Waals surface area contributed by atoms with Crippen molar-refractivity contribution in [2.75, 3.05) is 16.0 Å². The molecule has 4 rings (SSSR count). The number of amides is 1. The largest absolute Gasteiger partial charge is 0.326 e. The minimum Gasteiger partial charge on any atom is -0.326 e. The summed E-state index contributed by atoms with van der Waals surface area (Å²) in [6.07, 6.45) is 1.70. The van der Waals surface area contributed by atoms with Gasteiger partial charge in [0.05, 0.1) is 6.42 Å². The van der Waals surface area contributed by atoms with E-state index in [0.717, 1.165) is 10.6 Å². The molecule has 32 heavy (non-hydrogen) atoms. The van der Waals surface area contributed by atoms with Gasteiger partial charge in [0.25, 0.3) is 0 Å². The van der Waals surface area contributed by atoms with Crippen LogP contribution in [0.1, 0.15) is 10.7 Å². The Labute approximate surface area is 191 Å². The third-order valence-corrected chi connectivity index (χ3v) is 5.23. The number of hydrogen-bond donors (Lipinski definition) is 3. The van der Waals surface area contributed by atoms with Crippen LogP contribution in [0.25, 0.3) is 0 Å². The highest BCUT2D eigenvalue weighted by molar-refractivity contribution is 7.15. The molecule has 3 N–H and O–H groups in total. The highest BCUT2D eigenvalue weighted by Gasteiger charge is 2.11. The predicted octanol–water partition coefficient (Wildman–Crippen LogP) is 5.10. The minimum atomic E-state index is -0.412. The molecule has 0 bridgehead atoms. The Morgan fingerprint density at radius 1 is 1.03 bits per heavy atom. The first-order chi connectivity index (χ1) is 15.4. The molecule has 0 unspecified atom stereocenters. The van der Waals surface area contributed by atoms with Crippen molar-refractivity contribution in [3.8, 4) is 0 Å². The Balaban J connectivity index is 1.40. The van der Waals surface area contributed by atoms with Crippen LogP contribution in [0.5, 0.6) is 0 Å². The van der Waals surface area contributed by atoms with Gasteiger partial charge in [-0.1, -0.05) is 17.7 Å². The van der Waals surface area contributed by atoms with Crippen LogP contribution in [0.3, 0.4) is 0 Å². The van der Waals surface area contributed by atoms with Gasteiger partial charge in [-0.15, -0.1) is 11.3 Å². The summed E-state index contributed by atoms with van der Waals surface area (Å²) >= 11 is 7.21. The van der Waals surface area contributed by atoms with Crippen LogP contribution in [0.4, 0.5) is 32.8 Å². The van der Waals surface area contributed by atoms with Crippen molar-refractivity contribution in [3.63, 3.8) is 0 Å². The Bertz CT molecular complexity index is 1250. The van der Waals surface area contributed by atoms with E-state index in [1.54, 1.807) is 31.3 Å². The van der Waals surface area contributed by atoms with Gasteiger partial charge in [-0.25, -0.2) is 9.37 Å². The highest BCUT2D eigenvalue weighted by Crippen LogP contribution is 2.23. The number of aromatic nitrogens is 4. The van der Waals surface area contributed by atoms with Gasteiger partial charge in [-0.2, -0.15) is 15.0 Å². The van der Waals surface area contributed by atoms with E-state index in [1.165, 1.54) is 29.5 Å². The molecule has 0 aliphatic heterocycles. The Morgan fingerprint density at radius 3 is 2.53 bits per heavy atom. The molecular formula is C21H17ClFN7OS. The van der Waals surface area contributed by atoms with Crippen LogP contribution in [0.15, 0.2) is 54.7 Å². The molecule has 0 spiro atoms. The average Bonchev–Trinajstić information content (AvgIpc) is 3.15. The van der Waals surface area contributed by atoms with Crippen molar-refractivity contribution in [3.05, 3.63) is 76.3 Å². The van der Waals surface area contributed by atoms with Crippen LogP contribution in [-0.2, 0) is 11.2 Å². The van der Waals surface area contributed by atoms with Gasteiger partial charge in [0.1, 0.15) is 11.6 Å². The zero-order chi connectivity index (χ0) is 22.5. The summed E-state index contributed by atoms with van der Waals surface area (Å²) in [6, 6.07) is 12.9. The van der Waals surface area contributed by atoms with Gasteiger partial charge in [-0.3, -0.25) is 10.1 Å². The standard InChI is InChI=1S/C21H17ClFN7OS/c1-12-25-19(28-15-7-5-13(22)6-8-15)29-20(26-12)30-21-24-11-17(32-21)10-18(31)27-16-4-2-3-14(23)9-16/h2-9,11H,10H2,1H3,(H,27,31)(H2,24,25,26,28,29,30). The molecule has 2 aromatic carbocycles. The lowest BCUT2D eigenvalue weighted by molar-refractivity contribution is -0.115. The fourth-order valence-corrected chi connectivity index (χ4v) is 3.66. The quantitative estimate of drug-likeness (QED) is 0.346. The number of nitrogens with zero attached hydrogens (tertiary/aromatic N) is 4. The van der Waals surface area contributed by atoms with E-state index >= 15 is 0 Å².